The second kappa shape index (κ2) is 2.56. The Kier molecular flexibility index (Phi) is 1.51. The highest BCUT2D eigenvalue weighted by atomic mass is 16.4. The van der Waals surface area contributed by atoms with Crippen molar-refractivity contribution in [2.24, 2.45) is 5.41 Å². The molecule has 2 fully saturated rings. The number of carboxylic acids is 1. The van der Waals surface area contributed by atoms with E-state index in [1.165, 1.54) is 25.5 Å². The maximum atomic E-state index is 10.8. The van der Waals surface area contributed by atoms with Gasteiger partial charge in [-0.25, -0.2) is 14.8 Å². The highest BCUT2D eigenvalue weighted by Gasteiger charge is 2.64. The van der Waals surface area contributed by atoms with Crippen LogP contribution >= 0.6 is 0 Å². The van der Waals surface area contributed by atoms with Gasteiger partial charge >= 0.3 is 5.97 Å². The van der Waals surface area contributed by atoms with Crippen LogP contribution in [0.15, 0.2) is 6.20 Å². The summed E-state index contributed by atoms with van der Waals surface area (Å²) in [5.41, 5.74) is 1.32. The second-order valence-electron chi connectivity index (χ2n) is 4.65. The molecule has 1 atom stereocenters. The molecule has 15 heavy (non-hydrogen) atoms. The molecule has 4 heteroatoms. The van der Waals surface area contributed by atoms with E-state index < -0.39 is 5.97 Å². The fraction of sp³-hybridized carbons (Fsp3) is 0.545. The molecule has 1 N–H and O–H groups in total. The van der Waals surface area contributed by atoms with E-state index in [0.29, 0.717) is 17.0 Å². The summed E-state index contributed by atoms with van der Waals surface area (Å²) in [6, 6.07) is 0. The van der Waals surface area contributed by atoms with Gasteiger partial charge in [-0.1, -0.05) is 0 Å². The van der Waals surface area contributed by atoms with Crippen LogP contribution in [-0.4, -0.2) is 21.0 Å². The molecule has 0 bridgehead atoms. The zero-order valence-electron chi connectivity index (χ0n) is 8.53. The quantitative estimate of drug-likeness (QED) is 0.797. The number of hydrogen-bond acceptors (Lipinski definition) is 3. The van der Waals surface area contributed by atoms with Gasteiger partial charge in [0, 0.05) is 12.1 Å². The third-order valence-electron chi connectivity index (χ3n) is 3.62. The zero-order chi connectivity index (χ0) is 10.6. The van der Waals surface area contributed by atoms with Crippen molar-refractivity contribution in [3.05, 3.63) is 23.3 Å². The smallest absolute Gasteiger partial charge is 0.339 e. The van der Waals surface area contributed by atoms with Crippen molar-refractivity contribution in [2.75, 3.05) is 0 Å². The van der Waals surface area contributed by atoms with Crippen molar-refractivity contribution < 1.29 is 9.90 Å². The van der Waals surface area contributed by atoms with Crippen LogP contribution in [-0.2, 0) is 0 Å². The molecule has 0 aliphatic heterocycles. The predicted molar refractivity (Wildman–Crippen MR) is 52.8 cm³/mol. The lowest BCUT2D eigenvalue weighted by atomic mass is 10.2. The lowest BCUT2D eigenvalue weighted by Gasteiger charge is -2.02. The lowest BCUT2D eigenvalue weighted by molar-refractivity contribution is 0.0695. The molecule has 2 aliphatic rings. The summed E-state index contributed by atoms with van der Waals surface area (Å²) in [6.07, 6.45) is 5.22. The van der Waals surface area contributed by atoms with Crippen LogP contribution < -0.4 is 0 Å². The molecule has 0 saturated heterocycles. The number of rotatable bonds is 2. The van der Waals surface area contributed by atoms with Crippen LogP contribution in [0, 0.1) is 12.3 Å². The fourth-order valence-corrected chi connectivity index (χ4v) is 2.29. The van der Waals surface area contributed by atoms with E-state index in [1.807, 2.05) is 0 Å². The topological polar surface area (TPSA) is 63.1 Å². The summed E-state index contributed by atoms with van der Waals surface area (Å²) in [5, 5.41) is 8.85. The van der Waals surface area contributed by atoms with Crippen LogP contribution in [0.3, 0.4) is 0 Å². The Labute approximate surface area is 87.4 Å². The summed E-state index contributed by atoms with van der Waals surface area (Å²) < 4.78 is 0. The van der Waals surface area contributed by atoms with Gasteiger partial charge in [-0.3, -0.25) is 0 Å². The second-order valence-corrected chi connectivity index (χ2v) is 4.65. The van der Waals surface area contributed by atoms with Gasteiger partial charge in [0.1, 0.15) is 5.82 Å². The van der Waals surface area contributed by atoms with Gasteiger partial charge < -0.3 is 5.11 Å². The van der Waals surface area contributed by atoms with Gasteiger partial charge in [-0.2, -0.15) is 0 Å². The molecule has 1 aromatic heterocycles. The first-order chi connectivity index (χ1) is 7.12. The van der Waals surface area contributed by atoms with E-state index in [2.05, 4.69) is 9.97 Å². The normalized spacial score (nSPS) is 25.3. The molecule has 2 aliphatic carbocycles. The van der Waals surface area contributed by atoms with Crippen molar-refractivity contribution in [1.29, 1.82) is 0 Å². The van der Waals surface area contributed by atoms with Gasteiger partial charge in [-0.15, -0.1) is 0 Å². The van der Waals surface area contributed by atoms with Crippen LogP contribution in [0.4, 0.5) is 0 Å². The molecule has 78 valence electrons. The van der Waals surface area contributed by atoms with Crippen molar-refractivity contribution in [1.82, 2.24) is 9.97 Å². The van der Waals surface area contributed by atoms with Gasteiger partial charge in [0.25, 0.3) is 0 Å². The molecular formula is C11H12N2O2. The maximum absolute atomic E-state index is 10.8. The molecule has 1 unspecified atom stereocenters. The van der Waals surface area contributed by atoms with E-state index in [1.54, 1.807) is 6.92 Å². The van der Waals surface area contributed by atoms with Crippen molar-refractivity contribution in [3.8, 4) is 0 Å². The molecule has 4 nitrogen and oxygen atoms in total. The average molecular weight is 204 g/mol. The SMILES string of the molecule is Cc1nc(C2CC23CC3)ncc1C(=O)O. The molecule has 0 amide bonds. The number of aryl methyl sites for hydroxylation is 1. The maximum Gasteiger partial charge on any atom is 0.339 e. The zero-order valence-corrected chi connectivity index (χ0v) is 8.53. The van der Waals surface area contributed by atoms with E-state index >= 15 is 0 Å². The number of hydrogen-bond donors (Lipinski definition) is 1. The van der Waals surface area contributed by atoms with Crippen molar-refractivity contribution in [2.45, 2.75) is 32.1 Å². The first kappa shape index (κ1) is 8.83. The summed E-state index contributed by atoms with van der Waals surface area (Å²) in [4.78, 5) is 19.2. The summed E-state index contributed by atoms with van der Waals surface area (Å²) in [5.74, 6) is 0.394. The first-order valence-corrected chi connectivity index (χ1v) is 5.19. The molecule has 3 rings (SSSR count). The standard InChI is InChI=1S/C11H12N2O2/c1-6-7(10(14)15)5-12-9(13-6)8-4-11(8)2-3-11/h5,8H,2-4H2,1H3,(H,14,15). The van der Waals surface area contributed by atoms with Crippen LogP contribution in [0.1, 0.15) is 47.1 Å². The van der Waals surface area contributed by atoms with Crippen molar-refractivity contribution in [3.63, 3.8) is 0 Å². The van der Waals surface area contributed by atoms with Gasteiger partial charge in [0.05, 0.1) is 11.3 Å². The Morgan fingerprint density at radius 2 is 2.33 bits per heavy atom. The number of carboxylic acid groups (broad SMARTS) is 1. The Morgan fingerprint density at radius 3 is 2.80 bits per heavy atom. The molecule has 1 heterocycles. The fourth-order valence-electron chi connectivity index (χ4n) is 2.29. The van der Waals surface area contributed by atoms with Gasteiger partial charge in [0.15, 0.2) is 0 Å². The highest BCUT2D eigenvalue weighted by Crippen LogP contribution is 2.74. The number of aromatic carboxylic acids is 1. The Balaban J connectivity index is 1.92. The number of carbonyl (C=O) groups is 1. The predicted octanol–water partition coefficient (Wildman–Crippen LogP) is 1.75. The van der Waals surface area contributed by atoms with Crippen LogP contribution in [0.25, 0.3) is 0 Å². The Bertz CT molecular complexity index is 452. The number of nitrogens with zero attached hydrogens (tertiary/aromatic N) is 2. The van der Waals surface area contributed by atoms with Crippen LogP contribution in [0.5, 0.6) is 0 Å². The Morgan fingerprint density at radius 1 is 1.60 bits per heavy atom. The molecule has 0 radical (unpaired) electrons. The summed E-state index contributed by atoms with van der Waals surface area (Å²) >= 11 is 0. The van der Waals surface area contributed by atoms with Crippen molar-refractivity contribution >= 4 is 5.97 Å². The van der Waals surface area contributed by atoms with E-state index in [0.717, 1.165) is 5.82 Å². The number of aromatic nitrogens is 2. The van der Waals surface area contributed by atoms with E-state index in [9.17, 15) is 4.79 Å². The molecule has 0 aromatic carbocycles. The van der Waals surface area contributed by atoms with Crippen LogP contribution in [0.2, 0.25) is 0 Å². The average Bonchev–Trinajstić information content (AvgIpc) is 3.07. The molecular weight excluding hydrogens is 192 g/mol. The summed E-state index contributed by atoms with van der Waals surface area (Å²) in [7, 11) is 0. The van der Waals surface area contributed by atoms with Gasteiger partial charge in [0.2, 0.25) is 0 Å². The van der Waals surface area contributed by atoms with E-state index in [-0.39, 0.29) is 5.56 Å². The minimum Gasteiger partial charge on any atom is -0.478 e. The monoisotopic (exact) mass is 204 g/mol. The molecule has 1 spiro atoms. The molecule has 1 aromatic rings. The third-order valence-corrected chi connectivity index (χ3v) is 3.62. The summed E-state index contributed by atoms with van der Waals surface area (Å²) in [6.45, 7) is 1.73. The largest absolute Gasteiger partial charge is 0.478 e. The van der Waals surface area contributed by atoms with E-state index in [4.69, 9.17) is 5.11 Å². The first-order valence-electron chi connectivity index (χ1n) is 5.19. The lowest BCUT2D eigenvalue weighted by Crippen LogP contribution is -2.06. The minimum absolute atomic E-state index is 0.212. The highest BCUT2D eigenvalue weighted by molar-refractivity contribution is 5.88. The third kappa shape index (κ3) is 1.24. The minimum atomic E-state index is -0.948. The molecule has 2 saturated carbocycles. The van der Waals surface area contributed by atoms with Gasteiger partial charge in [-0.05, 0) is 31.6 Å². The Hall–Kier alpha value is -1.45.